The average molecular weight is 893 g/mol. The van der Waals surface area contributed by atoms with Gasteiger partial charge >= 0.3 is 5.97 Å². The topological polar surface area (TPSA) is 269 Å². The fourth-order valence-corrected chi connectivity index (χ4v) is 11.7. The van der Waals surface area contributed by atoms with Gasteiger partial charge in [-0.05, 0) is 60.2 Å². The lowest BCUT2D eigenvalue weighted by molar-refractivity contribution is -0.151. The Morgan fingerprint density at radius 3 is 1.86 bits per heavy atom. The minimum atomic E-state index is -1.26. The van der Waals surface area contributed by atoms with Crippen LogP contribution in [0.15, 0.2) is 38.2 Å². The number of hydrogen-bond donors (Lipinski definition) is 4. The smallest absolute Gasteiger partial charge is 0.352 e. The first-order valence-electron chi connectivity index (χ1n) is 17.7. The zero-order valence-electron chi connectivity index (χ0n) is 31.7. The van der Waals surface area contributed by atoms with Gasteiger partial charge in [0.15, 0.2) is 5.13 Å². The normalized spacial score (nSPS) is 21.6. The molecule has 7 rings (SSSR count). The highest BCUT2D eigenvalue weighted by Crippen LogP contribution is 2.44. The van der Waals surface area contributed by atoms with Crippen molar-refractivity contribution < 1.29 is 29.1 Å². The molecular weight excluding hydrogens is 853 g/mol. The van der Waals surface area contributed by atoms with Crippen molar-refractivity contribution in [1.82, 2.24) is 75.6 Å². The van der Waals surface area contributed by atoms with Crippen LogP contribution in [0.1, 0.15) is 5.69 Å². The molecule has 22 nitrogen and oxygen atoms in total. The molecule has 5 N–H and O–H groups in total. The molecule has 0 radical (unpaired) electrons. The van der Waals surface area contributed by atoms with E-state index in [-0.39, 0.29) is 29.3 Å². The Morgan fingerprint density at radius 2 is 1.36 bits per heavy atom. The molecule has 3 aromatic heterocycles. The van der Waals surface area contributed by atoms with Crippen LogP contribution in [-0.2, 0) is 43.5 Å². The summed E-state index contributed by atoms with van der Waals surface area (Å²) in [5.41, 5.74) is 7.28. The van der Waals surface area contributed by atoms with Crippen LogP contribution in [0.25, 0.3) is 0 Å². The maximum atomic E-state index is 14.3. The maximum absolute atomic E-state index is 14.3. The summed E-state index contributed by atoms with van der Waals surface area (Å²) in [6, 6.07) is -1.94. The number of carbonyl (C=O) groups excluding carboxylic acids is 4. The van der Waals surface area contributed by atoms with Crippen molar-refractivity contribution in [1.29, 1.82) is 0 Å². The van der Waals surface area contributed by atoms with E-state index in [9.17, 15) is 29.1 Å². The van der Waals surface area contributed by atoms with Crippen molar-refractivity contribution in [2.24, 2.45) is 0 Å². The first-order valence-corrected chi connectivity index (χ1v) is 22.7. The molecule has 4 aliphatic heterocycles. The molecule has 3 aromatic rings. The number of fused-ring (bicyclic) bond motifs is 2. The predicted molar refractivity (Wildman–Crippen MR) is 216 cm³/mol. The number of nitrogens with one attached hydrogen (secondary N) is 2. The minimum Gasteiger partial charge on any atom is -0.477 e. The fraction of sp³-hybridized carbons (Fsp3) is 0.548. The van der Waals surface area contributed by atoms with Gasteiger partial charge < -0.3 is 31.3 Å². The van der Waals surface area contributed by atoms with Crippen molar-refractivity contribution in [2.75, 3.05) is 70.0 Å². The number of hydrogen-bond acceptors (Lipinski definition) is 20. The fourth-order valence-electron chi connectivity index (χ4n) is 6.38. The molecule has 2 saturated heterocycles. The molecule has 0 aliphatic carbocycles. The number of carboxylic acids is 1. The molecule has 310 valence electrons. The number of rotatable bonds is 18. The lowest BCUT2D eigenvalue weighted by Crippen LogP contribution is -2.73. The second-order valence-corrected chi connectivity index (χ2v) is 18.9. The van der Waals surface area contributed by atoms with E-state index in [2.05, 4.69) is 46.7 Å². The molecule has 1 unspecified atom stereocenters. The van der Waals surface area contributed by atoms with Crippen molar-refractivity contribution in [2.45, 2.75) is 52.7 Å². The Labute approximate surface area is 352 Å². The van der Waals surface area contributed by atoms with E-state index < -0.39 is 52.4 Å². The first kappa shape index (κ1) is 41.9. The Hall–Kier alpha value is -4.28. The van der Waals surface area contributed by atoms with Gasteiger partial charge in [0.2, 0.25) is 16.2 Å². The first-order chi connectivity index (χ1) is 27.8. The number of aromatic nitrogens is 9. The van der Waals surface area contributed by atoms with Gasteiger partial charge in [0, 0.05) is 41.5 Å². The number of likely N-dealkylation sites (N-methyl/N-ethyl adjacent to an activating group) is 2. The molecule has 58 heavy (non-hydrogen) atoms. The van der Waals surface area contributed by atoms with E-state index in [0.717, 1.165) is 0 Å². The minimum absolute atomic E-state index is 0.0649. The van der Waals surface area contributed by atoms with Crippen LogP contribution < -0.4 is 16.4 Å². The van der Waals surface area contributed by atoms with Crippen LogP contribution in [-0.4, -0.2) is 187 Å². The largest absolute Gasteiger partial charge is 0.477 e. The van der Waals surface area contributed by atoms with E-state index in [0.29, 0.717) is 70.0 Å². The van der Waals surface area contributed by atoms with Crippen molar-refractivity contribution in [3.8, 4) is 0 Å². The third-order valence-corrected chi connectivity index (χ3v) is 14.8. The van der Waals surface area contributed by atoms with Gasteiger partial charge in [-0.15, -0.1) is 45.1 Å². The number of nitrogens with two attached hydrogens (primary N) is 1. The number of carbonyl (C=O) groups is 5. The number of amides is 4. The zero-order chi connectivity index (χ0) is 41.2. The highest BCUT2D eigenvalue weighted by molar-refractivity contribution is 8.01. The summed E-state index contributed by atoms with van der Waals surface area (Å²) in [6.07, 6.45) is -0.0649. The van der Waals surface area contributed by atoms with E-state index in [1.54, 1.807) is 14.7 Å². The Bertz CT molecular complexity index is 2150. The zero-order valence-corrected chi connectivity index (χ0v) is 35.8. The number of anilines is 1. The molecule has 0 aromatic carbocycles. The van der Waals surface area contributed by atoms with E-state index >= 15 is 0 Å². The molecule has 0 spiro atoms. The molecule has 27 heteroatoms. The highest BCUT2D eigenvalue weighted by Gasteiger charge is 2.57. The van der Waals surface area contributed by atoms with E-state index in [1.807, 2.05) is 38.0 Å². The van der Waals surface area contributed by atoms with E-state index in [1.165, 1.54) is 68.2 Å². The van der Waals surface area contributed by atoms with Crippen molar-refractivity contribution in [3.05, 3.63) is 33.6 Å². The molecule has 4 amide bonds. The van der Waals surface area contributed by atoms with Crippen LogP contribution in [0.3, 0.4) is 0 Å². The standard InChI is InChI=1S/C31H40N16O6S5/c1-42(2)5-7-44-30(36-38-40-44)57-12-15-10-54-26-19(34-18(48)9-17-14-56-29(32)33-17)24(50)46(26)21(15)23(49)35-20-25(51)47-22(28(52)53)16(11-55-27(20)47)13-58-31-37-39-41-45(31)8-6-43(3)4/h14,19-20,26-27H,5-13H2,1-4H3,(H2,32,33)(H,34,48)(H,35,49)(H,52,53)/t19?,20-,26+,27+/m0/s1. The van der Waals surface area contributed by atoms with E-state index in [4.69, 9.17) is 5.73 Å². The van der Waals surface area contributed by atoms with Gasteiger partial charge in [-0.25, -0.2) is 19.1 Å². The van der Waals surface area contributed by atoms with Gasteiger partial charge in [0.25, 0.3) is 17.7 Å². The third kappa shape index (κ3) is 8.83. The molecule has 4 atom stereocenters. The number of aliphatic carboxylic acids is 1. The van der Waals surface area contributed by atoms with Crippen LogP contribution >= 0.6 is 58.4 Å². The Kier molecular flexibility index (Phi) is 12.9. The number of nitrogen functional groups attached to an aromatic ring is 1. The summed E-state index contributed by atoms with van der Waals surface area (Å²) in [5.74, 6) is -2.27. The van der Waals surface area contributed by atoms with Crippen molar-refractivity contribution in [3.63, 3.8) is 0 Å². The van der Waals surface area contributed by atoms with Crippen LogP contribution in [0.2, 0.25) is 0 Å². The summed E-state index contributed by atoms with van der Waals surface area (Å²) in [6.45, 7) is 2.48. The number of thiazole rings is 1. The molecular formula is C31H40N16O6S5. The lowest BCUT2D eigenvalue weighted by Gasteiger charge is -2.52. The molecule has 2 fully saturated rings. The quantitative estimate of drug-likeness (QED) is 0.0822. The molecule has 0 bridgehead atoms. The number of β-lactam (4-membered cyclic amide) rings is 2. The molecule has 4 aliphatic rings. The number of thioether (sulfide) groups is 4. The summed E-state index contributed by atoms with van der Waals surface area (Å²) >= 11 is 6.54. The molecule has 7 heterocycles. The van der Waals surface area contributed by atoms with Gasteiger partial charge in [-0.2, -0.15) is 0 Å². The predicted octanol–water partition coefficient (Wildman–Crippen LogP) is -1.66. The number of tetrazole rings is 2. The molecule has 0 saturated carbocycles. The Balaban J connectivity index is 1.07. The van der Waals surface area contributed by atoms with Crippen LogP contribution in [0.4, 0.5) is 5.13 Å². The second kappa shape index (κ2) is 17.9. The summed E-state index contributed by atoms with van der Waals surface area (Å²) in [7, 11) is 7.74. The van der Waals surface area contributed by atoms with Gasteiger partial charge in [-0.1, -0.05) is 23.5 Å². The SMILES string of the molecule is CN(C)CCn1nnnc1SCC1=C(C(=O)N[C@H]2C(=O)N3C(C(=O)O)=C(CSc4nnnn4CCN(C)C)CS[C@H]23)N2C(=O)C(NC(=O)Cc3csc(N)n3)[C@H]2SC1. The monoisotopic (exact) mass is 892 g/mol. The Morgan fingerprint density at radius 1 is 0.845 bits per heavy atom. The van der Waals surface area contributed by atoms with Crippen LogP contribution in [0, 0.1) is 0 Å². The highest BCUT2D eigenvalue weighted by atomic mass is 32.2. The third-order valence-electron chi connectivity index (χ3n) is 9.29. The van der Waals surface area contributed by atoms with Crippen molar-refractivity contribution >= 4 is 93.1 Å². The number of carboxylic acid groups (broad SMARTS) is 1. The van der Waals surface area contributed by atoms with Crippen LogP contribution in [0.5, 0.6) is 0 Å². The van der Waals surface area contributed by atoms with Gasteiger partial charge in [0.1, 0.15) is 34.2 Å². The number of nitrogens with zero attached hydrogens (tertiary/aromatic N) is 13. The van der Waals surface area contributed by atoms with Gasteiger partial charge in [-0.3, -0.25) is 29.0 Å². The summed E-state index contributed by atoms with van der Waals surface area (Å²) in [4.78, 5) is 78.0. The second-order valence-electron chi connectivity index (χ2n) is 13.9. The average Bonchev–Trinajstić information content (AvgIpc) is 3.95. The van der Waals surface area contributed by atoms with Gasteiger partial charge in [0.05, 0.1) is 25.2 Å². The summed E-state index contributed by atoms with van der Waals surface area (Å²) < 4.78 is 3.31. The maximum Gasteiger partial charge on any atom is 0.352 e. The lowest BCUT2D eigenvalue weighted by atomic mass is 10.0. The summed E-state index contributed by atoms with van der Waals surface area (Å²) in [5, 5.41) is 41.6.